The highest BCUT2D eigenvalue weighted by Gasteiger charge is 2.42. The molecule has 3 aliphatic rings. The van der Waals surface area contributed by atoms with Gasteiger partial charge in [0.15, 0.2) is 5.82 Å². The quantitative estimate of drug-likeness (QED) is 0.766. The number of fused-ring (bicyclic) bond motifs is 4. The monoisotopic (exact) mass is 436 g/mol. The third-order valence-corrected chi connectivity index (χ3v) is 6.99. The number of amides is 2. The fraction of sp³-hybridized carbons (Fsp3) is 0.542. The van der Waals surface area contributed by atoms with Crippen molar-refractivity contribution in [3.8, 4) is 11.4 Å². The lowest BCUT2D eigenvalue weighted by atomic mass is 9.97. The molecule has 2 amide bonds. The van der Waals surface area contributed by atoms with Gasteiger partial charge in [0.2, 0.25) is 0 Å². The molecule has 0 aliphatic carbocycles. The lowest BCUT2D eigenvalue weighted by molar-refractivity contribution is 0.0981. The minimum absolute atomic E-state index is 0.200. The summed E-state index contributed by atoms with van der Waals surface area (Å²) in [6.45, 7) is 6.98. The van der Waals surface area contributed by atoms with Crippen LogP contribution in [-0.4, -0.2) is 66.3 Å². The van der Waals surface area contributed by atoms with Gasteiger partial charge in [-0.25, -0.2) is 14.8 Å². The molecular weight excluding hydrogens is 404 g/mol. The SMILES string of the molecule is CCNC(=O)Nc1ccc(-c2nc3c(c(N4CCOC[C@@H]4C)n2)[C@@H]2CC[C@H](C3)N2C)cc1. The van der Waals surface area contributed by atoms with Gasteiger partial charge in [0.1, 0.15) is 5.82 Å². The average Bonchev–Trinajstić information content (AvgIpc) is 3.02. The Balaban J connectivity index is 1.52. The zero-order valence-electron chi connectivity index (χ0n) is 19.1. The molecule has 4 heterocycles. The second-order valence-corrected chi connectivity index (χ2v) is 9.03. The van der Waals surface area contributed by atoms with Crippen LogP contribution in [0.3, 0.4) is 0 Å². The van der Waals surface area contributed by atoms with E-state index in [0.29, 0.717) is 18.6 Å². The Hall–Kier alpha value is -2.71. The predicted molar refractivity (Wildman–Crippen MR) is 125 cm³/mol. The van der Waals surface area contributed by atoms with Gasteiger partial charge in [-0.15, -0.1) is 0 Å². The van der Waals surface area contributed by atoms with Crippen molar-refractivity contribution in [3.05, 3.63) is 35.5 Å². The lowest BCUT2D eigenvalue weighted by Gasteiger charge is -2.40. The molecule has 0 unspecified atom stereocenters. The van der Waals surface area contributed by atoms with E-state index in [-0.39, 0.29) is 12.1 Å². The summed E-state index contributed by atoms with van der Waals surface area (Å²) in [5.74, 6) is 1.83. The molecule has 1 aromatic carbocycles. The summed E-state index contributed by atoms with van der Waals surface area (Å²) in [5, 5.41) is 5.59. The van der Waals surface area contributed by atoms with Crippen LogP contribution >= 0.6 is 0 Å². The van der Waals surface area contributed by atoms with Crippen LogP contribution in [-0.2, 0) is 11.2 Å². The Morgan fingerprint density at radius 1 is 1.22 bits per heavy atom. The average molecular weight is 437 g/mol. The summed E-state index contributed by atoms with van der Waals surface area (Å²) < 4.78 is 5.70. The molecule has 8 nitrogen and oxygen atoms in total. The second kappa shape index (κ2) is 8.67. The number of anilines is 2. The van der Waals surface area contributed by atoms with Crippen molar-refractivity contribution in [3.63, 3.8) is 0 Å². The molecule has 32 heavy (non-hydrogen) atoms. The fourth-order valence-electron chi connectivity index (χ4n) is 5.26. The number of hydrogen-bond acceptors (Lipinski definition) is 6. The standard InChI is InChI=1S/C24H32N6O2/c1-4-25-24(31)26-17-7-5-16(6-8-17)22-27-19-13-18-9-10-20(29(18)3)21(19)23(28-22)30-11-12-32-14-15(30)2/h5-8,15,18,20H,4,9-14H2,1-3H3,(H2,25,26,31)/t15-,18+,20-/m0/s1. The Morgan fingerprint density at radius 3 is 2.78 bits per heavy atom. The predicted octanol–water partition coefficient (Wildman–Crippen LogP) is 3.20. The molecule has 3 atom stereocenters. The van der Waals surface area contributed by atoms with Gasteiger partial charge in [0.25, 0.3) is 0 Å². The van der Waals surface area contributed by atoms with Crippen molar-refractivity contribution in [1.82, 2.24) is 20.2 Å². The molecular formula is C24H32N6O2. The van der Waals surface area contributed by atoms with Gasteiger partial charge in [0.05, 0.1) is 24.9 Å². The van der Waals surface area contributed by atoms with E-state index in [1.807, 2.05) is 31.2 Å². The number of rotatable bonds is 4. The summed E-state index contributed by atoms with van der Waals surface area (Å²) in [6, 6.07) is 8.82. The Morgan fingerprint density at radius 2 is 2.03 bits per heavy atom. The normalized spacial score (nSPS) is 24.8. The number of hydrogen-bond donors (Lipinski definition) is 2. The number of carbonyl (C=O) groups is 1. The molecule has 3 aliphatic heterocycles. The maximum absolute atomic E-state index is 11.8. The van der Waals surface area contributed by atoms with E-state index < -0.39 is 0 Å². The molecule has 0 saturated carbocycles. The van der Waals surface area contributed by atoms with E-state index >= 15 is 0 Å². The van der Waals surface area contributed by atoms with Crippen LogP contribution in [0.4, 0.5) is 16.3 Å². The molecule has 2 aromatic rings. The molecule has 5 rings (SSSR count). The first-order valence-corrected chi connectivity index (χ1v) is 11.7. The van der Waals surface area contributed by atoms with E-state index in [0.717, 1.165) is 49.1 Å². The molecule has 1 aromatic heterocycles. The highest BCUT2D eigenvalue weighted by Crippen LogP contribution is 2.46. The van der Waals surface area contributed by atoms with Crippen molar-refractivity contribution < 1.29 is 9.53 Å². The van der Waals surface area contributed by atoms with E-state index in [2.05, 4.69) is 34.4 Å². The van der Waals surface area contributed by atoms with Crippen LogP contribution in [0, 0.1) is 0 Å². The number of ether oxygens (including phenoxy) is 1. The van der Waals surface area contributed by atoms with Crippen LogP contribution < -0.4 is 15.5 Å². The van der Waals surface area contributed by atoms with E-state index in [9.17, 15) is 4.79 Å². The second-order valence-electron chi connectivity index (χ2n) is 9.03. The number of aromatic nitrogens is 2. The van der Waals surface area contributed by atoms with Gasteiger partial charge in [-0.3, -0.25) is 4.90 Å². The number of nitrogens with zero attached hydrogens (tertiary/aromatic N) is 4. The molecule has 170 valence electrons. The maximum atomic E-state index is 11.8. The lowest BCUT2D eigenvalue weighted by Crippen LogP contribution is -2.46. The van der Waals surface area contributed by atoms with Gasteiger partial charge in [-0.1, -0.05) is 0 Å². The van der Waals surface area contributed by atoms with Crippen LogP contribution in [0.2, 0.25) is 0 Å². The number of carbonyl (C=O) groups excluding carboxylic acids is 1. The van der Waals surface area contributed by atoms with Crippen LogP contribution in [0.25, 0.3) is 11.4 Å². The minimum Gasteiger partial charge on any atom is -0.377 e. The molecule has 2 saturated heterocycles. The summed E-state index contributed by atoms with van der Waals surface area (Å²) in [4.78, 5) is 26.9. The van der Waals surface area contributed by atoms with Gasteiger partial charge in [-0.2, -0.15) is 0 Å². The van der Waals surface area contributed by atoms with Crippen molar-refractivity contribution in [1.29, 1.82) is 0 Å². The highest BCUT2D eigenvalue weighted by molar-refractivity contribution is 5.89. The number of morpholine rings is 1. The Bertz CT molecular complexity index is 995. The fourth-order valence-corrected chi connectivity index (χ4v) is 5.26. The Kier molecular flexibility index (Phi) is 5.73. The summed E-state index contributed by atoms with van der Waals surface area (Å²) in [7, 11) is 2.24. The van der Waals surface area contributed by atoms with Crippen LogP contribution in [0.1, 0.15) is 44.0 Å². The number of urea groups is 1. The number of likely N-dealkylation sites (N-methyl/N-ethyl adjacent to an activating group) is 1. The van der Waals surface area contributed by atoms with Gasteiger partial charge in [-0.05, 0) is 58.0 Å². The molecule has 2 fully saturated rings. The first-order chi connectivity index (χ1) is 15.5. The topological polar surface area (TPSA) is 82.6 Å². The zero-order valence-corrected chi connectivity index (χ0v) is 19.1. The molecule has 0 spiro atoms. The van der Waals surface area contributed by atoms with E-state index in [4.69, 9.17) is 14.7 Å². The van der Waals surface area contributed by atoms with Crippen molar-refractivity contribution >= 4 is 17.5 Å². The minimum atomic E-state index is -0.200. The molecule has 2 N–H and O–H groups in total. The largest absolute Gasteiger partial charge is 0.377 e. The summed E-state index contributed by atoms with van der Waals surface area (Å²) in [6.07, 6.45) is 3.36. The van der Waals surface area contributed by atoms with Crippen molar-refractivity contribution in [2.24, 2.45) is 0 Å². The van der Waals surface area contributed by atoms with E-state index in [1.54, 1.807) is 0 Å². The highest BCUT2D eigenvalue weighted by atomic mass is 16.5. The zero-order chi connectivity index (χ0) is 22.2. The van der Waals surface area contributed by atoms with E-state index in [1.165, 1.54) is 24.1 Å². The van der Waals surface area contributed by atoms with Crippen LogP contribution in [0.5, 0.6) is 0 Å². The molecule has 8 heteroatoms. The first-order valence-electron chi connectivity index (χ1n) is 11.7. The molecule has 2 bridgehead atoms. The van der Waals surface area contributed by atoms with Crippen molar-refractivity contribution in [2.75, 3.05) is 43.6 Å². The smallest absolute Gasteiger partial charge is 0.319 e. The first kappa shape index (κ1) is 21.2. The van der Waals surface area contributed by atoms with Gasteiger partial charge in [0, 0.05) is 48.4 Å². The van der Waals surface area contributed by atoms with Crippen molar-refractivity contribution in [2.45, 2.75) is 51.2 Å². The Labute approximate surface area is 189 Å². The van der Waals surface area contributed by atoms with Crippen LogP contribution in [0.15, 0.2) is 24.3 Å². The number of benzene rings is 1. The maximum Gasteiger partial charge on any atom is 0.319 e. The van der Waals surface area contributed by atoms with Gasteiger partial charge >= 0.3 is 6.03 Å². The third kappa shape index (κ3) is 3.82. The third-order valence-electron chi connectivity index (χ3n) is 6.99. The number of nitrogens with one attached hydrogen (secondary N) is 2. The summed E-state index contributed by atoms with van der Waals surface area (Å²) >= 11 is 0. The molecule has 0 radical (unpaired) electrons. The summed E-state index contributed by atoms with van der Waals surface area (Å²) in [5.41, 5.74) is 4.22. The van der Waals surface area contributed by atoms with Gasteiger partial charge < -0.3 is 20.3 Å².